The third kappa shape index (κ3) is 7.15. The number of carbonyl (C=O) groups excluding carboxylic acids is 1. The predicted molar refractivity (Wildman–Crippen MR) is 107 cm³/mol. The maximum atomic E-state index is 12.3. The van der Waals surface area contributed by atoms with Crippen molar-refractivity contribution in [2.75, 3.05) is 6.54 Å². The van der Waals surface area contributed by atoms with E-state index in [-0.39, 0.29) is 31.0 Å². The number of Topliss-reactive ketones (excluding diaryl/α,β-unsaturated/α-hetero) is 1. The van der Waals surface area contributed by atoms with Gasteiger partial charge in [0, 0.05) is 6.42 Å². The monoisotopic (exact) mass is 400 g/mol. The number of ether oxygens (including phenoxy) is 2. The first kappa shape index (κ1) is 21.7. The fourth-order valence-corrected chi connectivity index (χ4v) is 2.37. The van der Waals surface area contributed by atoms with Gasteiger partial charge in [0.25, 0.3) is 0 Å². The molecule has 0 amide bonds. The van der Waals surface area contributed by atoms with Crippen molar-refractivity contribution in [1.82, 2.24) is 5.01 Å². The summed E-state index contributed by atoms with van der Waals surface area (Å²) in [6.07, 6.45) is -0.949. The van der Waals surface area contributed by atoms with Crippen molar-refractivity contribution >= 4 is 17.6 Å². The molecule has 0 fully saturated rings. The molecule has 2 aromatic carbocycles. The van der Waals surface area contributed by atoms with Crippen LogP contribution in [0.25, 0.3) is 0 Å². The molecule has 9 nitrogen and oxygen atoms in total. The molecule has 0 bridgehead atoms. The Morgan fingerprint density at radius 3 is 2.21 bits per heavy atom. The van der Waals surface area contributed by atoms with Crippen molar-refractivity contribution < 1.29 is 24.2 Å². The van der Waals surface area contributed by atoms with Gasteiger partial charge in [-0.2, -0.15) is 5.10 Å². The van der Waals surface area contributed by atoms with E-state index in [9.17, 15) is 9.59 Å². The molecule has 154 valence electrons. The number of hydrogen-bond donors (Lipinski definition) is 3. The Kier molecular flexibility index (Phi) is 7.99. The van der Waals surface area contributed by atoms with Gasteiger partial charge in [0.2, 0.25) is 0 Å². The van der Waals surface area contributed by atoms with Crippen molar-refractivity contribution in [3.8, 4) is 17.2 Å². The molecule has 1 unspecified atom stereocenters. The number of carboxylic acids is 1. The molecule has 2 rings (SSSR count). The highest BCUT2D eigenvalue weighted by Gasteiger charge is 2.20. The van der Waals surface area contributed by atoms with Crippen LogP contribution in [0.4, 0.5) is 0 Å². The van der Waals surface area contributed by atoms with E-state index >= 15 is 0 Å². The van der Waals surface area contributed by atoms with Crippen molar-refractivity contribution in [2.45, 2.75) is 25.9 Å². The van der Waals surface area contributed by atoms with E-state index in [1.807, 2.05) is 30.3 Å². The van der Waals surface area contributed by atoms with Gasteiger partial charge in [-0.3, -0.25) is 14.6 Å². The first-order valence-corrected chi connectivity index (χ1v) is 8.92. The molecule has 29 heavy (non-hydrogen) atoms. The fourth-order valence-electron chi connectivity index (χ4n) is 2.37. The SMILES string of the molecule is CC(Oc1ccc(Oc2ccccc2)cc1)C(=O)CN(N)/C(CCC(=O)O)=N\N. The van der Waals surface area contributed by atoms with E-state index < -0.39 is 12.1 Å². The lowest BCUT2D eigenvalue weighted by Gasteiger charge is -2.21. The van der Waals surface area contributed by atoms with E-state index in [0.717, 1.165) is 5.01 Å². The van der Waals surface area contributed by atoms with Gasteiger partial charge in [0.15, 0.2) is 11.9 Å². The first-order chi connectivity index (χ1) is 13.9. The molecule has 0 saturated carbocycles. The molecule has 0 spiro atoms. The Labute approximate surface area is 168 Å². The number of nitrogens with two attached hydrogens (primary N) is 2. The van der Waals surface area contributed by atoms with Crippen LogP contribution >= 0.6 is 0 Å². The number of para-hydroxylation sites is 1. The molecule has 0 aliphatic rings. The highest BCUT2D eigenvalue weighted by atomic mass is 16.5. The molecule has 0 aliphatic carbocycles. The number of aliphatic carboxylic acids is 1. The van der Waals surface area contributed by atoms with Gasteiger partial charge in [-0.15, -0.1) is 0 Å². The summed E-state index contributed by atoms with van der Waals surface area (Å²) in [6, 6.07) is 16.2. The Hall–Kier alpha value is -3.59. The molecule has 0 heterocycles. The second kappa shape index (κ2) is 10.7. The summed E-state index contributed by atoms with van der Waals surface area (Å²) in [4.78, 5) is 23.0. The number of carbonyl (C=O) groups is 2. The number of ketones is 1. The van der Waals surface area contributed by atoms with Crippen LogP contribution in [0.2, 0.25) is 0 Å². The van der Waals surface area contributed by atoms with Crippen molar-refractivity contribution in [3.63, 3.8) is 0 Å². The lowest BCUT2D eigenvalue weighted by atomic mass is 10.2. The summed E-state index contributed by atoms with van der Waals surface area (Å²) in [5.41, 5.74) is 0. The minimum Gasteiger partial charge on any atom is -0.483 e. The smallest absolute Gasteiger partial charge is 0.303 e. The average Bonchev–Trinajstić information content (AvgIpc) is 2.70. The van der Waals surface area contributed by atoms with Crippen molar-refractivity contribution in [3.05, 3.63) is 54.6 Å². The van der Waals surface area contributed by atoms with Gasteiger partial charge in [0.1, 0.15) is 23.1 Å². The summed E-state index contributed by atoms with van der Waals surface area (Å²) in [6.45, 7) is 1.38. The number of hydrazine groups is 1. The molecule has 0 aromatic heterocycles. The number of amidine groups is 1. The van der Waals surface area contributed by atoms with Crippen LogP contribution in [0.5, 0.6) is 17.2 Å². The molecular formula is C20H24N4O5. The maximum absolute atomic E-state index is 12.3. The standard InChI is InChI=1S/C20H24N4O5/c1-14(18(25)13-24(22)19(23-21)11-12-20(26)27)28-16-7-9-17(10-8-16)29-15-5-3-2-4-6-15/h2-10,14H,11-13,21-22H2,1H3,(H,26,27)/b23-19-. The lowest BCUT2D eigenvalue weighted by Crippen LogP contribution is -2.45. The minimum absolute atomic E-state index is 0.0216. The molecule has 1 atom stereocenters. The van der Waals surface area contributed by atoms with E-state index in [1.165, 1.54) is 0 Å². The molecule has 2 aromatic rings. The summed E-state index contributed by atoms with van der Waals surface area (Å²) in [7, 11) is 0. The molecule has 0 saturated heterocycles. The third-order valence-corrected chi connectivity index (χ3v) is 3.94. The van der Waals surface area contributed by atoms with Crippen LogP contribution in [-0.2, 0) is 9.59 Å². The number of benzene rings is 2. The third-order valence-electron chi connectivity index (χ3n) is 3.94. The van der Waals surface area contributed by atoms with Gasteiger partial charge in [0.05, 0.1) is 13.0 Å². The number of hydrazone groups is 1. The quantitative estimate of drug-likeness (QED) is 0.238. The van der Waals surface area contributed by atoms with Gasteiger partial charge in [-0.05, 0) is 43.3 Å². The minimum atomic E-state index is -1.01. The topological polar surface area (TPSA) is 140 Å². The fraction of sp³-hybridized carbons (Fsp3) is 0.250. The Morgan fingerprint density at radius 1 is 1.03 bits per heavy atom. The van der Waals surface area contributed by atoms with Crippen LogP contribution in [0.3, 0.4) is 0 Å². The number of rotatable bonds is 10. The van der Waals surface area contributed by atoms with Gasteiger partial charge >= 0.3 is 5.97 Å². The second-order valence-electron chi connectivity index (χ2n) is 6.18. The molecule has 0 radical (unpaired) electrons. The summed E-state index contributed by atoms with van der Waals surface area (Å²) >= 11 is 0. The van der Waals surface area contributed by atoms with Gasteiger partial charge in [-0.25, -0.2) is 5.84 Å². The van der Waals surface area contributed by atoms with E-state index in [2.05, 4.69) is 5.10 Å². The summed E-state index contributed by atoms with van der Waals surface area (Å²) < 4.78 is 11.3. The maximum Gasteiger partial charge on any atom is 0.303 e. The highest BCUT2D eigenvalue weighted by molar-refractivity contribution is 5.91. The number of nitrogens with zero attached hydrogens (tertiary/aromatic N) is 2. The van der Waals surface area contributed by atoms with Crippen LogP contribution in [0.1, 0.15) is 19.8 Å². The lowest BCUT2D eigenvalue weighted by molar-refractivity contribution is -0.136. The van der Waals surface area contributed by atoms with Crippen molar-refractivity contribution in [1.29, 1.82) is 0 Å². The Balaban J connectivity index is 1.87. The Bertz CT molecular complexity index is 840. The van der Waals surface area contributed by atoms with Crippen LogP contribution in [0.15, 0.2) is 59.7 Å². The highest BCUT2D eigenvalue weighted by Crippen LogP contribution is 2.24. The van der Waals surface area contributed by atoms with Gasteiger partial charge in [-0.1, -0.05) is 18.2 Å². The molecule has 0 aliphatic heterocycles. The van der Waals surface area contributed by atoms with Gasteiger partial charge < -0.3 is 20.4 Å². The predicted octanol–water partition coefficient (Wildman–Crippen LogP) is 2.13. The molecular weight excluding hydrogens is 376 g/mol. The van der Waals surface area contributed by atoms with E-state index in [0.29, 0.717) is 17.2 Å². The van der Waals surface area contributed by atoms with Crippen molar-refractivity contribution in [2.24, 2.45) is 16.8 Å². The zero-order chi connectivity index (χ0) is 21.2. The largest absolute Gasteiger partial charge is 0.483 e. The average molecular weight is 400 g/mol. The van der Waals surface area contributed by atoms with Crippen LogP contribution in [-0.4, -0.2) is 40.4 Å². The molecule has 9 heteroatoms. The van der Waals surface area contributed by atoms with Crippen LogP contribution in [0, 0.1) is 0 Å². The summed E-state index contributed by atoms with van der Waals surface area (Å²) in [5.74, 6) is 11.6. The Morgan fingerprint density at radius 2 is 1.62 bits per heavy atom. The van der Waals surface area contributed by atoms with Crippen LogP contribution < -0.4 is 21.2 Å². The number of carboxylic acid groups (broad SMARTS) is 1. The zero-order valence-electron chi connectivity index (χ0n) is 16.0. The van der Waals surface area contributed by atoms with E-state index in [4.69, 9.17) is 26.3 Å². The van der Waals surface area contributed by atoms with E-state index in [1.54, 1.807) is 31.2 Å². The normalized spacial score (nSPS) is 12.1. The second-order valence-corrected chi connectivity index (χ2v) is 6.18. The first-order valence-electron chi connectivity index (χ1n) is 8.92. The summed E-state index contributed by atoms with van der Waals surface area (Å²) in [5, 5.41) is 13.2. The molecule has 5 N–H and O–H groups in total. The number of hydrogen-bond acceptors (Lipinski definition) is 7. The zero-order valence-corrected chi connectivity index (χ0v) is 16.0.